The zero-order valence-corrected chi connectivity index (χ0v) is 26.6. The van der Waals surface area contributed by atoms with Gasteiger partial charge < -0.3 is 15.1 Å². The monoisotopic (exact) mass is 601 g/mol. The van der Waals surface area contributed by atoms with E-state index in [-0.39, 0.29) is 5.91 Å². The van der Waals surface area contributed by atoms with Gasteiger partial charge in [0, 0.05) is 11.4 Å². The van der Waals surface area contributed by atoms with Gasteiger partial charge in [0.25, 0.3) is 5.91 Å². The summed E-state index contributed by atoms with van der Waals surface area (Å²) in [6, 6.07) is 36.1. The summed E-state index contributed by atoms with van der Waals surface area (Å²) in [7, 11) is 0. The summed E-state index contributed by atoms with van der Waals surface area (Å²) in [4.78, 5) is 20.3. The van der Waals surface area contributed by atoms with E-state index in [0.29, 0.717) is 6.54 Å². The van der Waals surface area contributed by atoms with Crippen molar-refractivity contribution in [1.29, 1.82) is 0 Å². The number of amides is 1. The first-order valence-electron chi connectivity index (χ1n) is 16.0. The second-order valence-electron chi connectivity index (χ2n) is 12.2. The van der Waals surface area contributed by atoms with Gasteiger partial charge >= 0.3 is 0 Å². The molecule has 226 valence electrons. The largest absolute Gasteiger partial charge is 0.313 e. The molecule has 1 N–H and O–H groups in total. The zero-order chi connectivity index (χ0) is 30.1. The van der Waals surface area contributed by atoms with Crippen molar-refractivity contribution in [2.24, 2.45) is 5.92 Å². The Morgan fingerprint density at radius 3 is 2.36 bits per heavy atom. The molecule has 2 heterocycles. The van der Waals surface area contributed by atoms with Crippen LogP contribution in [0, 0.1) is 12.8 Å². The Labute approximate surface area is 267 Å². The van der Waals surface area contributed by atoms with Crippen LogP contribution in [-0.4, -0.2) is 37.0 Å². The van der Waals surface area contributed by atoms with E-state index >= 15 is 0 Å². The zero-order valence-electron chi connectivity index (χ0n) is 25.8. The summed E-state index contributed by atoms with van der Waals surface area (Å²) in [6.07, 6.45) is 6.98. The van der Waals surface area contributed by atoms with Crippen molar-refractivity contribution in [2.75, 3.05) is 31.1 Å². The fourth-order valence-corrected chi connectivity index (χ4v) is 7.38. The minimum Gasteiger partial charge on any atom is -0.313 e. The maximum Gasteiger partial charge on any atom is 0.265 e. The first-order valence-corrected chi connectivity index (χ1v) is 16.8. The molecule has 0 atom stereocenters. The van der Waals surface area contributed by atoms with Crippen LogP contribution in [0.2, 0.25) is 0 Å². The summed E-state index contributed by atoms with van der Waals surface area (Å²) in [6.45, 7) is 8.03. The Balaban J connectivity index is 1.04. The number of hydrogen-bond donors (Lipinski definition) is 1. The molecule has 4 aromatic rings. The summed E-state index contributed by atoms with van der Waals surface area (Å²) in [5, 5.41) is 3.67. The lowest BCUT2D eigenvalue weighted by Gasteiger charge is -2.32. The van der Waals surface area contributed by atoms with Gasteiger partial charge in [-0.25, -0.2) is 0 Å². The van der Waals surface area contributed by atoms with Gasteiger partial charge in [-0.2, -0.15) is 0 Å². The number of aryl methyl sites for hydroxylation is 1. The average Bonchev–Trinajstić information content (AvgIpc) is 3.05. The standard InChI is InChI=1S/C39H43N3OS/c1-30-10-8-15-35(24-30)29-42-36-26-34(16-17-37(36)44-38(39(42)43)27-32-13-6-3-7-14-32)28-40-20-9-21-41-22-18-33(19-23-41)25-31-11-4-2-5-12-31/h2-8,10-17,24,26-27,33,40H,9,18-23,25,28-29H2,1H3/b38-27-. The molecule has 0 spiro atoms. The topological polar surface area (TPSA) is 35.6 Å². The number of nitrogens with one attached hydrogen (secondary N) is 1. The number of fused-ring (bicyclic) bond motifs is 1. The summed E-state index contributed by atoms with van der Waals surface area (Å²) < 4.78 is 0. The number of carbonyl (C=O) groups excluding carboxylic acids is 1. The predicted octanol–water partition coefficient (Wildman–Crippen LogP) is 8.11. The molecule has 1 saturated heterocycles. The number of thioether (sulfide) groups is 1. The van der Waals surface area contributed by atoms with Crippen LogP contribution in [0.4, 0.5) is 5.69 Å². The van der Waals surface area contributed by atoms with Crippen molar-refractivity contribution in [3.8, 4) is 0 Å². The van der Waals surface area contributed by atoms with Gasteiger partial charge in [0.05, 0.1) is 17.1 Å². The molecule has 2 aliphatic heterocycles. The fraction of sp³-hybridized carbons (Fsp3) is 0.308. The van der Waals surface area contributed by atoms with Crippen LogP contribution in [-0.2, 0) is 24.3 Å². The number of carbonyl (C=O) groups is 1. The average molecular weight is 602 g/mol. The molecule has 0 aliphatic carbocycles. The first-order chi connectivity index (χ1) is 21.6. The molecule has 0 bridgehead atoms. The summed E-state index contributed by atoms with van der Waals surface area (Å²) in [5.74, 6) is 0.877. The van der Waals surface area contributed by atoms with Crippen molar-refractivity contribution in [2.45, 2.75) is 50.6 Å². The van der Waals surface area contributed by atoms with Gasteiger partial charge in [0.15, 0.2) is 0 Å². The number of likely N-dealkylation sites (tertiary alicyclic amines) is 1. The fourth-order valence-electron chi connectivity index (χ4n) is 6.34. The van der Waals surface area contributed by atoms with E-state index in [9.17, 15) is 4.79 Å². The van der Waals surface area contributed by atoms with E-state index in [1.165, 1.54) is 49.0 Å². The Morgan fingerprint density at radius 2 is 1.59 bits per heavy atom. The lowest BCUT2D eigenvalue weighted by molar-refractivity contribution is -0.114. The lowest BCUT2D eigenvalue weighted by Crippen LogP contribution is -2.36. The highest BCUT2D eigenvalue weighted by Crippen LogP contribution is 2.43. The molecule has 5 heteroatoms. The van der Waals surface area contributed by atoms with Gasteiger partial charge in [0.2, 0.25) is 0 Å². The molecule has 2 aliphatic rings. The molecule has 6 rings (SSSR count). The molecule has 4 nitrogen and oxygen atoms in total. The molecule has 44 heavy (non-hydrogen) atoms. The second kappa shape index (κ2) is 14.9. The Bertz CT molecular complexity index is 1560. The van der Waals surface area contributed by atoms with Crippen molar-refractivity contribution < 1.29 is 4.79 Å². The van der Waals surface area contributed by atoms with E-state index in [1.54, 1.807) is 11.8 Å². The van der Waals surface area contributed by atoms with Crippen LogP contribution in [0.1, 0.15) is 47.1 Å². The second-order valence-corrected chi connectivity index (χ2v) is 13.3. The van der Waals surface area contributed by atoms with Crippen molar-refractivity contribution in [3.05, 3.63) is 136 Å². The first kappa shape index (κ1) is 30.4. The van der Waals surface area contributed by atoms with E-state index in [4.69, 9.17) is 0 Å². The highest BCUT2D eigenvalue weighted by Gasteiger charge is 2.29. The quantitative estimate of drug-likeness (QED) is 0.139. The van der Waals surface area contributed by atoms with E-state index in [0.717, 1.165) is 58.6 Å². The molecule has 0 unspecified atom stereocenters. The Hall–Kier alpha value is -3.64. The molecule has 1 fully saturated rings. The van der Waals surface area contributed by atoms with Gasteiger partial charge in [-0.05, 0) is 105 Å². The smallest absolute Gasteiger partial charge is 0.265 e. The molecule has 4 aromatic carbocycles. The van der Waals surface area contributed by atoms with E-state index < -0.39 is 0 Å². The third-order valence-electron chi connectivity index (χ3n) is 8.74. The van der Waals surface area contributed by atoms with Gasteiger partial charge in [-0.1, -0.05) is 108 Å². The van der Waals surface area contributed by atoms with Crippen molar-refractivity contribution >= 4 is 29.4 Å². The number of rotatable bonds is 11. The minimum absolute atomic E-state index is 0.0607. The maximum atomic E-state index is 13.9. The number of hydrogen-bond acceptors (Lipinski definition) is 4. The van der Waals surface area contributed by atoms with Crippen LogP contribution in [0.5, 0.6) is 0 Å². The van der Waals surface area contributed by atoms with Gasteiger partial charge in [-0.3, -0.25) is 4.79 Å². The molecule has 1 amide bonds. The van der Waals surface area contributed by atoms with Crippen molar-refractivity contribution in [1.82, 2.24) is 10.2 Å². The van der Waals surface area contributed by atoms with Crippen LogP contribution >= 0.6 is 11.8 Å². The third kappa shape index (κ3) is 8.09. The maximum absolute atomic E-state index is 13.9. The molecule has 0 aromatic heterocycles. The Kier molecular flexibility index (Phi) is 10.3. The molecular formula is C39H43N3OS. The predicted molar refractivity (Wildman–Crippen MR) is 185 cm³/mol. The number of piperidine rings is 1. The number of benzene rings is 4. The summed E-state index contributed by atoms with van der Waals surface area (Å²) >= 11 is 1.58. The van der Waals surface area contributed by atoms with Gasteiger partial charge in [0.1, 0.15) is 0 Å². The van der Waals surface area contributed by atoms with Crippen molar-refractivity contribution in [3.63, 3.8) is 0 Å². The summed E-state index contributed by atoms with van der Waals surface area (Å²) in [5.41, 5.74) is 7.08. The third-order valence-corrected chi connectivity index (χ3v) is 9.82. The molecular weight excluding hydrogens is 559 g/mol. The molecule has 0 radical (unpaired) electrons. The van der Waals surface area contributed by atoms with Gasteiger partial charge in [-0.15, -0.1) is 0 Å². The lowest BCUT2D eigenvalue weighted by atomic mass is 9.90. The van der Waals surface area contributed by atoms with Crippen LogP contribution in [0.3, 0.4) is 0 Å². The van der Waals surface area contributed by atoms with Crippen LogP contribution in [0.15, 0.2) is 113 Å². The highest BCUT2D eigenvalue weighted by molar-refractivity contribution is 8.04. The van der Waals surface area contributed by atoms with Crippen LogP contribution in [0.25, 0.3) is 6.08 Å². The normalized spacial score (nSPS) is 16.8. The number of nitrogens with zero attached hydrogens (tertiary/aromatic N) is 2. The van der Waals surface area contributed by atoms with E-state index in [1.807, 2.05) is 41.3 Å². The Morgan fingerprint density at radius 1 is 0.841 bits per heavy atom. The van der Waals surface area contributed by atoms with E-state index in [2.05, 4.69) is 89.9 Å². The SMILES string of the molecule is Cc1cccc(CN2C(=O)/C(=C/c3ccccc3)Sc3ccc(CNCCCN4CCC(Cc5ccccc5)CC4)cc32)c1. The number of anilines is 1. The minimum atomic E-state index is 0.0607. The molecule has 0 saturated carbocycles. The highest BCUT2D eigenvalue weighted by atomic mass is 32.2. The van der Waals surface area contributed by atoms with Crippen LogP contribution < -0.4 is 10.2 Å².